The van der Waals surface area contributed by atoms with Crippen LogP contribution in [0.25, 0.3) is 0 Å². The molecule has 1 rings (SSSR count). The van der Waals surface area contributed by atoms with E-state index in [0.29, 0.717) is 5.92 Å². The van der Waals surface area contributed by atoms with Gasteiger partial charge in [-0.05, 0) is 37.0 Å². The van der Waals surface area contributed by atoms with E-state index in [9.17, 15) is 9.90 Å². The van der Waals surface area contributed by atoms with E-state index in [-0.39, 0.29) is 5.41 Å². The lowest BCUT2D eigenvalue weighted by molar-refractivity contribution is -0.153. The first kappa shape index (κ1) is 13.5. The molecule has 1 aliphatic carbocycles. The molecule has 94 valence electrons. The molecule has 1 aliphatic rings. The number of carboxylic acids is 1. The van der Waals surface area contributed by atoms with Crippen molar-refractivity contribution in [2.24, 2.45) is 16.7 Å². The molecular weight excluding hydrogens is 200 g/mol. The van der Waals surface area contributed by atoms with Crippen molar-refractivity contribution in [2.75, 3.05) is 0 Å². The highest BCUT2D eigenvalue weighted by Crippen LogP contribution is 2.44. The first-order valence-corrected chi connectivity index (χ1v) is 6.49. The van der Waals surface area contributed by atoms with Crippen molar-refractivity contribution in [3.63, 3.8) is 0 Å². The molecule has 2 heteroatoms. The van der Waals surface area contributed by atoms with Crippen LogP contribution < -0.4 is 0 Å². The summed E-state index contributed by atoms with van der Waals surface area (Å²) in [5.41, 5.74) is -0.186. The Kier molecular flexibility index (Phi) is 4.03. The standard InChI is InChI=1S/C14H26O2/c1-11-6-5-7-14(10-11,12(15)16)9-8-13(2,3)4/h11H,5-10H2,1-4H3,(H,15,16). The second-order valence-electron chi connectivity index (χ2n) is 6.85. The summed E-state index contributed by atoms with van der Waals surface area (Å²) in [4.78, 5) is 11.5. The van der Waals surface area contributed by atoms with Crippen LogP contribution >= 0.6 is 0 Å². The van der Waals surface area contributed by atoms with Crippen LogP contribution in [0, 0.1) is 16.7 Å². The van der Waals surface area contributed by atoms with Gasteiger partial charge in [-0.25, -0.2) is 0 Å². The van der Waals surface area contributed by atoms with Crippen LogP contribution in [-0.4, -0.2) is 11.1 Å². The van der Waals surface area contributed by atoms with Gasteiger partial charge in [0.1, 0.15) is 0 Å². The molecule has 2 nitrogen and oxygen atoms in total. The third-order valence-corrected chi connectivity index (χ3v) is 3.90. The normalized spacial score (nSPS) is 31.4. The molecule has 0 spiro atoms. The lowest BCUT2D eigenvalue weighted by Gasteiger charge is -2.38. The lowest BCUT2D eigenvalue weighted by atomic mass is 9.66. The Balaban J connectivity index is 2.69. The molecule has 2 unspecified atom stereocenters. The second-order valence-corrected chi connectivity index (χ2v) is 6.85. The summed E-state index contributed by atoms with van der Waals surface area (Å²) in [6, 6.07) is 0. The summed E-state index contributed by atoms with van der Waals surface area (Å²) in [5, 5.41) is 9.50. The van der Waals surface area contributed by atoms with E-state index in [1.165, 1.54) is 6.42 Å². The van der Waals surface area contributed by atoms with Crippen molar-refractivity contribution in [3.05, 3.63) is 0 Å². The first-order chi connectivity index (χ1) is 7.25. The minimum Gasteiger partial charge on any atom is -0.481 e. The van der Waals surface area contributed by atoms with E-state index >= 15 is 0 Å². The molecule has 0 saturated heterocycles. The van der Waals surface area contributed by atoms with Gasteiger partial charge in [0.05, 0.1) is 5.41 Å². The zero-order chi connectivity index (χ0) is 12.4. The van der Waals surface area contributed by atoms with Gasteiger partial charge in [-0.15, -0.1) is 0 Å². The molecule has 0 aromatic carbocycles. The maximum absolute atomic E-state index is 11.5. The predicted octanol–water partition coefficient (Wildman–Crippen LogP) is 4.09. The maximum atomic E-state index is 11.5. The average Bonchev–Trinajstić information content (AvgIpc) is 2.13. The average molecular weight is 226 g/mol. The number of hydrogen-bond acceptors (Lipinski definition) is 1. The molecule has 0 aromatic rings. The van der Waals surface area contributed by atoms with E-state index in [1.807, 2.05) is 0 Å². The second kappa shape index (κ2) is 4.77. The third kappa shape index (κ3) is 3.50. The van der Waals surface area contributed by atoms with Gasteiger partial charge in [-0.3, -0.25) is 4.79 Å². The molecule has 16 heavy (non-hydrogen) atoms. The Labute approximate surface area is 99.4 Å². The van der Waals surface area contributed by atoms with Crippen LogP contribution in [0.3, 0.4) is 0 Å². The van der Waals surface area contributed by atoms with Crippen molar-refractivity contribution in [2.45, 2.75) is 66.2 Å². The number of aliphatic carboxylic acids is 1. The number of hydrogen-bond donors (Lipinski definition) is 1. The van der Waals surface area contributed by atoms with Crippen LogP contribution in [0.15, 0.2) is 0 Å². The van der Waals surface area contributed by atoms with Gasteiger partial charge < -0.3 is 5.11 Å². The Hall–Kier alpha value is -0.530. The van der Waals surface area contributed by atoms with Crippen LogP contribution in [0.2, 0.25) is 0 Å². The topological polar surface area (TPSA) is 37.3 Å². The third-order valence-electron chi connectivity index (χ3n) is 3.90. The largest absolute Gasteiger partial charge is 0.481 e. The van der Waals surface area contributed by atoms with Crippen molar-refractivity contribution >= 4 is 5.97 Å². The molecule has 2 atom stereocenters. The molecular formula is C14H26O2. The Morgan fingerprint density at radius 3 is 2.50 bits per heavy atom. The van der Waals surface area contributed by atoms with Gasteiger partial charge in [0.2, 0.25) is 0 Å². The van der Waals surface area contributed by atoms with Crippen molar-refractivity contribution in [1.29, 1.82) is 0 Å². The molecule has 0 amide bonds. The van der Waals surface area contributed by atoms with E-state index in [1.54, 1.807) is 0 Å². The zero-order valence-corrected chi connectivity index (χ0v) is 11.2. The highest BCUT2D eigenvalue weighted by Gasteiger charge is 2.41. The molecule has 1 fully saturated rings. The highest BCUT2D eigenvalue weighted by molar-refractivity contribution is 5.74. The quantitative estimate of drug-likeness (QED) is 0.786. The van der Waals surface area contributed by atoms with Crippen LogP contribution in [0.5, 0.6) is 0 Å². The van der Waals surface area contributed by atoms with Crippen molar-refractivity contribution in [3.8, 4) is 0 Å². The summed E-state index contributed by atoms with van der Waals surface area (Å²) in [5.74, 6) is 0.00752. The minimum atomic E-state index is -0.566. The summed E-state index contributed by atoms with van der Waals surface area (Å²) < 4.78 is 0. The summed E-state index contributed by atoms with van der Waals surface area (Å²) in [6.07, 6.45) is 5.88. The van der Waals surface area contributed by atoms with Gasteiger partial charge in [-0.1, -0.05) is 40.5 Å². The smallest absolute Gasteiger partial charge is 0.309 e. The SMILES string of the molecule is CC1CCCC(CCC(C)(C)C)(C(=O)O)C1. The maximum Gasteiger partial charge on any atom is 0.309 e. The molecule has 0 heterocycles. The zero-order valence-electron chi connectivity index (χ0n) is 11.2. The van der Waals surface area contributed by atoms with Gasteiger partial charge in [0.15, 0.2) is 0 Å². The summed E-state index contributed by atoms with van der Waals surface area (Å²) in [7, 11) is 0. The fourth-order valence-electron chi connectivity index (χ4n) is 2.80. The fraction of sp³-hybridized carbons (Fsp3) is 0.929. The minimum absolute atomic E-state index is 0.239. The van der Waals surface area contributed by atoms with Gasteiger partial charge in [0, 0.05) is 0 Å². The number of rotatable bonds is 3. The van der Waals surface area contributed by atoms with Crippen LogP contribution in [0.1, 0.15) is 66.2 Å². The van der Waals surface area contributed by atoms with Crippen LogP contribution in [0.4, 0.5) is 0 Å². The highest BCUT2D eigenvalue weighted by atomic mass is 16.4. The molecule has 0 aromatic heterocycles. The van der Waals surface area contributed by atoms with Gasteiger partial charge in [0.25, 0.3) is 0 Å². The predicted molar refractivity (Wildman–Crippen MR) is 66.4 cm³/mol. The van der Waals surface area contributed by atoms with Gasteiger partial charge in [-0.2, -0.15) is 0 Å². The summed E-state index contributed by atoms with van der Waals surface area (Å²) in [6.45, 7) is 8.76. The molecule has 1 saturated carbocycles. The van der Waals surface area contributed by atoms with E-state index in [2.05, 4.69) is 27.7 Å². The molecule has 0 aliphatic heterocycles. The lowest BCUT2D eigenvalue weighted by Crippen LogP contribution is -2.36. The van der Waals surface area contributed by atoms with Crippen molar-refractivity contribution in [1.82, 2.24) is 0 Å². The Morgan fingerprint density at radius 2 is 2.06 bits per heavy atom. The van der Waals surface area contributed by atoms with Crippen molar-refractivity contribution < 1.29 is 9.90 Å². The van der Waals surface area contributed by atoms with Crippen LogP contribution in [-0.2, 0) is 4.79 Å². The number of carboxylic acid groups (broad SMARTS) is 1. The molecule has 0 radical (unpaired) electrons. The fourth-order valence-corrected chi connectivity index (χ4v) is 2.80. The Morgan fingerprint density at radius 1 is 1.44 bits per heavy atom. The summed E-state index contributed by atoms with van der Waals surface area (Å²) >= 11 is 0. The monoisotopic (exact) mass is 226 g/mol. The van der Waals surface area contributed by atoms with E-state index < -0.39 is 11.4 Å². The first-order valence-electron chi connectivity index (χ1n) is 6.49. The number of carbonyl (C=O) groups is 1. The van der Waals surface area contributed by atoms with E-state index in [4.69, 9.17) is 0 Å². The Bertz CT molecular complexity index is 252. The molecule has 1 N–H and O–H groups in total. The van der Waals surface area contributed by atoms with E-state index in [0.717, 1.165) is 32.1 Å². The molecule has 0 bridgehead atoms. The van der Waals surface area contributed by atoms with Gasteiger partial charge >= 0.3 is 5.97 Å².